The maximum Gasteiger partial charge on any atom is 0.222 e. The molecule has 4 nitrogen and oxygen atoms in total. The monoisotopic (exact) mass is 374 g/mol. The second-order valence-electron chi connectivity index (χ2n) is 6.64. The van der Waals surface area contributed by atoms with Gasteiger partial charge in [-0.05, 0) is 49.9 Å². The number of hydrogen-bond donors (Lipinski definition) is 2. The molecular weight excluding hydrogens is 350 g/mol. The topological polar surface area (TPSA) is 50.4 Å². The minimum atomic E-state index is -0.845. The molecule has 3 atom stereocenters. The molecule has 25 heavy (non-hydrogen) atoms. The third-order valence-corrected chi connectivity index (χ3v) is 4.89. The van der Waals surface area contributed by atoms with Crippen LogP contribution in [0.3, 0.4) is 0 Å². The Morgan fingerprint density at radius 1 is 1.24 bits per heavy atom. The van der Waals surface area contributed by atoms with E-state index in [-0.39, 0.29) is 36.4 Å². The number of carbonyl (C=O) groups excluding carboxylic acids is 1. The Morgan fingerprint density at radius 2 is 2.08 bits per heavy atom. The summed E-state index contributed by atoms with van der Waals surface area (Å²) < 4.78 is 32.3. The highest BCUT2D eigenvalue weighted by Crippen LogP contribution is 2.27. The van der Waals surface area contributed by atoms with Gasteiger partial charge in [-0.1, -0.05) is 6.07 Å². The van der Waals surface area contributed by atoms with Crippen molar-refractivity contribution >= 4 is 18.3 Å². The molecule has 0 aromatic heterocycles. The summed E-state index contributed by atoms with van der Waals surface area (Å²) in [4.78, 5) is 12.3. The molecule has 3 rings (SSSR count). The maximum atomic E-state index is 13.5. The lowest BCUT2D eigenvalue weighted by atomic mass is 9.85. The SMILES string of the molecule is Cl.O=C(CC1CCCCO1)NC1CNCCC1c1ccc(F)c(F)c1. The molecule has 1 aromatic rings. The molecule has 1 aromatic carbocycles. The quantitative estimate of drug-likeness (QED) is 0.852. The molecule has 0 aliphatic carbocycles. The van der Waals surface area contributed by atoms with E-state index >= 15 is 0 Å². The second-order valence-corrected chi connectivity index (χ2v) is 6.64. The number of ether oxygens (including phenoxy) is 1. The lowest BCUT2D eigenvalue weighted by Crippen LogP contribution is -2.50. The molecule has 2 aliphatic heterocycles. The summed E-state index contributed by atoms with van der Waals surface area (Å²) >= 11 is 0. The lowest BCUT2D eigenvalue weighted by Gasteiger charge is -2.33. The van der Waals surface area contributed by atoms with Crippen LogP contribution in [0, 0.1) is 11.6 Å². The average Bonchev–Trinajstić information content (AvgIpc) is 2.59. The van der Waals surface area contributed by atoms with Gasteiger partial charge < -0.3 is 15.4 Å². The molecule has 7 heteroatoms. The van der Waals surface area contributed by atoms with Crippen LogP contribution in [-0.2, 0) is 9.53 Å². The van der Waals surface area contributed by atoms with Gasteiger partial charge in [-0.25, -0.2) is 8.78 Å². The van der Waals surface area contributed by atoms with Crippen molar-refractivity contribution in [2.24, 2.45) is 0 Å². The van der Waals surface area contributed by atoms with Gasteiger partial charge in [-0.2, -0.15) is 0 Å². The van der Waals surface area contributed by atoms with Crippen LogP contribution < -0.4 is 10.6 Å². The fraction of sp³-hybridized carbons (Fsp3) is 0.611. The van der Waals surface area contributed by atoms with E-state index in [0.717, 1.165) is 50.5 Å². The molecular formula is C18H25ClF2N2O2. The Hall–Kier alpha value is -1.24. The fourth-order valence-corrected chi connectivity index (χ4v) is 3.59. The maximum absolute atomic E-state index is 13.5. The minimum absolute atomic E-state index is 0. The smallest absolute Gasteiger partial charge is 0.222 e. The summed E-state index contributed by atoms with van der Waals surface area (Å²) in [6.45, 7) is 2.14. The molecule has 2 fully saturated rings. The number of hydrogen-bond acceptors (Lipinski definition) is 3. The van der Waals surface area contributed by atoms with Crippen molar-refractivity contribution in [1.82, 2.24) is 10.6 Å². The van der Waals surface area contributed by atoms with E-state index in [1.807, 2.05) is 0 Å². The number of nitrogens with one attached hydrogen (secondary N) is 2. The van der Waals surface area contributed by atoms with E-state index in [9.17, 15) is 13.6 Å². The van der Waals surface area contributed by atoms with E-state index in [2.05, 4.69) is 10.6 Å². The molecule has 3 unspecified atom stereocenters. The Balaban J connectivity index is 0.00000225. The van der Waals surface area contributed by atoms with Crippen molar-refractivity contribution < 1.29 is 18.3 Å². The van der Waals surface area contributed by atoms with Crippen molar-refractivity contribution in [1.29, 1.82) is 0 Å². The zero-order valence-electron chi connectivity index (χ0n) is 14.1. The van der Waals surface area contributed by atoms with E-state index in [1.54, 1.807) is 6.07 Å². The summed E-state index contributed by atoms with van der Waals surface area (Å²) in [5.74, 6) is -1.74. The van der Waals surface area contributed by atoms with Crippen LogP contribution in [0.4, 0.5) is 8.78 Å². The van der Waals surface area contributed by atoms with Crippen molar-refractivity contribution in [2.45, 2.75) is 50.2 Å². The molecule has 0 spiro atoms. The molecule has 0 bridgehead atoms. The highest BCUT2D eigenvalue weighted by Gasteiger charge is 2.29. The number of benzene rings is 1. The van der Waals surface area contributed by atoms with Gasteiger partial charge in [0.2, 0.25) is 5.91 Å². The van der Waals surface area contributed by atoms with Crippen LogP contribution in [0.2, 0.25) is 0 Å². The van der Waals surface area contributed by atoms with E-state index in [1.165, 1.54) is 6.07 Å². The number of halogens is 3. The van der Waals surface area contributed by atoms with Crippen molar-refractivity contribution in [2.75, 3.05) is 19.7 Å². The molecule has 2 N–H and O–H groups in total. The van der Waals surface area contributed by atoms with Gasteiger partial charge in [-0.15, -0.1) is 12.4 Å². The highest BCUT2D eigenvalue weighted by molar-refractivity contribution is 5.85. The predicted molar refractivity (Wildman–Crippen MR) is 94.0 cm³/mol. The van der Waals surface area contributed by atoms with Crippen LogP contribution in [0.5, 0.6) is 0 Å². The van der Waals surface area contributed by atoms with E-state index in [4.69, 9.17) is 4.74 Å². The summed E-state index contributed by atoms with van der Waals surface area (Å²) in [5, 5.41) is 6.31. The van der Waals surface area contributed by atoms with Gasteiger partial charge in [0.25, 0.3) is 0 Å². The second kappa shape index (κ2) is 9.46. The van der Waals surface area contributed by atoms with Crippen molar-refractivity contribution in [3.8, 4) is 0 Å². The van der Waals surface area contributed by atoms with Gasteiger partial charge in [0, 0.05) is 25.1 Å². The Labute approximate surface area is 153 Å². The normalized spacial score (nSPS) is 26.6. The van der Waals surface area contributed by atoms with E-state index < -0.39 is 11.6 Å². The standard InChI is InChI=1S/C18H24F2N2O2.ClH/c19-15-5-4-12(9-16(15)20)14-6-7-21-11-17(14)22-18(23)10-13-3-1-2-8-24-13;/h4-5,9,13-14,17,21H,1-3,6-8,10-11H2,(H,22,23);1H. The first kappa shape index (κ1) is 20.1. The van der Waals surface area contributed by atoms with Crippen LogP contribution >= 0.6 is 12.4 Å². The van der Waals surface area contributed by atoms with Crippen LogP contribution in [0.1, 0.15) is 43.6 Å². The van der Waals surface area contributed by atoms with Crippen molar-refractivity contribution in [3.05, 3.63) is 35.4 Å². The van der Waals surface area contributed by atoms with Gasteiger partial charge in [0.05, 0.1) is 12.5 Å². The molecule has 2 aliphatic rings. The number of piperidine rings is 1. The van der Waals surface area contributed by atoms with Crippen LogP contribution in [0.15, 0.2) is 18.2 Å². The van der Waals surface area contributed by atoms with Gasteiger partial charge in [0.1, 0.15) is 0 Å². The van der Waals surface area contributed by atoms with Crippen LogP contribution in [-0.4, -0.2) is 37.7 Å². The average molecular weight is 375 g/mol. The lowest BCUT2D eigenvalue weighted by molar-refractivity contribution is -0.125. The Kier molecular flexibility index (Phi) is 7.59. The fourth-order valence-electron chi connectivity index (χ4n) is 3.59. The first-order chi connectivity index (χ1) is 11.6. The molecule has 0 radical (unpaired) electrons. The summed E-state index contributed by atoms with van der Waals surface area (Å²) in [6.07, 6.45) is 4.21. The van der Waals surface area contributed by atoms with Gasteiger partial charge >= 0.3 is 0 Å². The van der Waals surface area contributed by atoms with Gasteiger partial charge in [-0.3, -0.25) is 4.79 Å². The third kappa shape index (κ3) is 5.36. The third-order valence-electron chi connectivity index (χ3n) is 4.89. The van der Waals surface area contributed by atoms with Crippen LogP contribution in [0.25, 0.3) is 0 Å². The zero-order valence-corrected chi connectivity index (χ0v) is 14.9. The number of amides is 1. The zero-order chi connectivity index (χ0) is 16.9. The molecule has 2 heterocycles. The first-order valence-corrected chi connectivity index (χ1v) is 8.70. The van der Waals surface area contributed by atoms with Gasteiger partial charge in [0.15, 0.2) is 11.6 Å². The summed E-state index contributed by atoms with van der Waals surface area (Å²) in [7, 11) is 0. The van der Waals surface area contributed by atoms with E-state index in [0.29, 0.717) is 13.0 Å². The van der Waals surface area contributed by atoms with Crippen molar-refractivity contribution in [3.63, 3.8) is 0 Å². The summed E-state index contributed by atoms with van der Waals surface area (Å²) in [6, 6.07) is 3.88. The molecule has 1 amide bonds. The molecule has 140 valence electrons. The highest BCUT2D eigenvalue weighted by atomic mass is 35.5. The summed E-state index contributed by atoms with van der Waals surface area (Å²) in [5.41, 5.74) is 0.731. The number of rotatable bonds is 4. The first-order valence-electron chi connectivity index (χ1n) is 8.70. The largest absolute Gasteiger partial charge is 0.378 e. The number of carbonyl (C=O) groups is 1. The molecule has 2 saturated heterocycles. The Bertz CT molecular complexity index is 582. The Morgan fingerprint density at radius 3 is 2.80 bits per heavy atom. The predicted octanol–water partition coefficient (Wildman–Crippen LogP) is 2.91. The minimum Gasteiger partial charge on any atom is -0.378 e. The molecule has 0 saturated carbocycles.